The van der Waals surface area contributed by atoms with Gasteiger partial charge in [-0.25, -0.2) is 8.42 Å². The number of benzene rings is 3. The smallest absolute Gasteiger partial charge is 0.264 e. The zero-order chi connectivity index (χ0) is 22.4. The Bertz CT molecular complexity index is 1140. The van der Waals surface area contributed by atoms with Crippen LogP contribution in [0.25, 0.3) is 0 Å². The molecule has 0 spiro atoms. The van der Waals surface area contributed by atoms with E-state index in [1.165, 1.54) is 16.4 Å². The van der Waals surface area contributed by atoms with E-state index in [1.807, 2.05) is 44.2 Å². The van der Waals surface area contributed by atoms with Crippen LogP contribution in [-0.2, 0) is 21.4 Å². The fourth-order valence-electron chi connectivity index (χ4n) is 3.16. The first-order valence-electron chi connectivity index (χ1n) is 9.86. The molecule has 0 unspecified atom stereocenters. The van der Waals surface area contributed by atoms with E-state index in [2.05, 4.69) is 5.32 Å². The van der Waals surface area contributed by atoms with Gasteiger partial charge < -0.3 is 10.1 Å². The predicted octanol–water partition coefficient (Wildman–Crippen LogP) is 3.82. The maximum Gasteiger partial charge on any atom is 0.264 e. The van der Waals surface area contributed by atoms with Gasteiger partial charge in [-0.1, -0.05) is 42.5 Å². The van der Waals surface area contributed by atoms with Crippen molar-refractivity contribution in [2.75, 3.05) is 18.0 Å². The molecule has 0 aliphatic heterocycles. The van der Waals surface area contributed by atoms with Crippen molar-refractivity contribution in [1.29, 1.82) is 0 Å². The van der Waals surface area contributed by atoms with E-state index in [4.69, 9.17) is 4.74 Å². The summed E-state index contributed by atoms with van der Waals surface area (Å²) in [6, 6.07) is 20.9. The molecule has 162 valence electrons. The van der Waals surface area contributed by atoms with Crippen LogP contribution in [-0.4, -0.2) is 28.0 Å². The van der Waals surface area contributed by atoms with Crippen molar-refractivity contribution < 1.29 is 17.9 Å². The SMILES string of the molecule is COc1ccc(CNC(=O)CN(c2cccc(C)c2C)S(=O)(=O)c2ccccc2)cc1. The number of hydrogen-bond donors (Lipinski definition) is 1. The zero-order valence-electron chi connectivity index (χ0n) is 17.8. The van der Waals surface area contributed by atoms with Crippen LogP contribution in [0, 0.1) is 13.8 Å². The number of ether oxygens (including phenoxy) is 1. The summed E-state index contributed by atoms with van der Waals surface area (Å²) in [7, 11) is -2.34. The Morgan fingerprint density at radius 2 is 1.61 bits per heavy atom. The van der Waals surface area contributed by atoms with Crippen LogP contribution in [0.15, 0.2) is 77.7 Å². The molecule has 31 heavy (non-hydrogen) atoms. The second-order valence-corrected chi connectivity index (χ2v) is 9.03. The first-order valence-corrected chi connectivity index (χ1v) is 11.3. The van der Waals surface area contributed by atoms with Crippen LogP contribution in [0.4, 0.5) is 5.69 Å². The quantitative estimate of drug-likeness (QED) is 0.580. The normalized spacial score (nSPS) is 11.1. The molecule has 0 aliphatic rings. The van der Waals surface area contributed by atoms with Gasteiger partial charge in [-0.15, -0.1) is 0 Å². The summed E-state index contributed by atoms with van der Waals surface area (Å²) in [5.74, 6) is 0.335. The third kappa shape index (κ3) is 5.24. The minimum absolute atomic E-state index is 0.138. The number of aryl methyl sites for hydroxylation is 1. The standard InChI is InChI=1S/C24H26N2O4S/c1-18-8-7-11-23(19(18)2)26(31(28,29)22-9-5-4-6-10-22)17-24(27)25-16-20-12-14-21(30-3)15-13-20/h4-15H,16-17H2,1-3H3,(H,25,27). The average Bonchev–Trinajstić information content (AvgIpc) is 2.79. The Morgan fingerprint density at radius 3 is 2.26 bits per heavy atom. The highest BCUT2D eigenvalue weighted by molar-refractivity contribution is 7.92. The van der Waals surface area contributed by atoms with Gasteiger partial charge in [-0.3, -0.25) is 9.10 Å². The number of sulfonamides is 1. The van der Waals surface area contributed by atoms with Gasteiger partial charge in [-0.05, 0) is 60.9 Å². The lowest BCUT2D eigenvalue weighted by atomic mass is 10.1. The third-order valence-electron chi connectivity index (χ3n) is 5.11. The number of hydrogen-bond acceptors (Lipinski definition) is 4. The molecule has 6 nitrogen and oxygen atoms in total. The summed E-state index contributed by atoms with van der Waals surface area (Å²) < 4.78 is 33.1. The molecule has 3 rings (SSSR count). The Balaban J connectivity index is 1.86. The number of rotatable bonds is 8. The van der Waals surface area contributed by atoms with Gasteiger partial charge in [0, 0.05) is 6.54 Å². The van der Waals surface area contributed by atoms with Crippen molar-refractivity contribution in [3.05, 3.63) is 89.5 Å². The average molecular weight is 439 g/mol. The van der Waals surface area contributed by atoms with Crippen LogP contribution in [0.1, 0.15) is 16.7 Å². The van der Waals surface area contributed by atoms with Crippen molar-refractivity contribution in [3.63, 3.8) is 0 Å². The van der Waals surface area contributed by atoms with Crippen molar-refractivity contribution in [1.82, 2.24) is 5.32 Å². The molecule has 0 aromatic heterocycles. The number of anilines is 1. The minimum atomic E-state index is -3.92. The number of methoxy groups -OCH3 is 1. The zero-order valence-corrected chi connectivity index (χ0v) is 18.6. The van der Waals surface area contributed by atoms with Crippen molar-refractivity contribution >= 4 is 21.6 Å². The molecule has 0 saturated heterocycles. The molecule has 3 aromatic carbocycles. The molecule has 0 atom stereocenters. The van der Waals surface area contributed by atoms with Crippen molar-refractivity contribution in [3.8, 4) is 5.75 Å². The van der Waals surface area contributed by atoms with E-state index in [9.17, 15) is 13.2 Å². The van der Waals surface area contributed by atoms with Gasteiger partial charge in [0.15, 0.2) is 0 Å². The maximum atomic E-state index is 13.4. The Hall–Kier alpha value is -3.32. The number of amides is 1. The van der Waals surface area contributed by atoms with E-state index < -0.39 is 15.9 Å². The van der Waals surface area contributed by atoms with Gasteiger partial charge in [0.2, 0.25) is 5.91 Å². The summed E-state index contributed by atoms with van der Waals surface area (Å²) in [6.07, 6.45) is 0. The minimum Gasteiger partial charge on any atom is -0.497 e. The molecule has 7 heteroatoms. The molecule has 0 aliphatic carbocycles. The number of carbonyl (C=O) groups is 1. The second kappa shape index (κ2) is 9.66. The van der Waals surface area contributed by atoms with E-state index in [0.29, 0.717) is 5.69 Å². The molecule has 0 heterocycles. The first kappa shape index (κ1) is 22.4. The van der Waals surface area contributed by atoms with Gasteiger partial charge in [-0.2, -0.15) is 0 Å². The fourth-order valence-corrected chi connectivity index (χ4v) is 4.65. The number of nitrogens with zero attached hydrogens (tertiary/aromatic N) is 1. The third-order valence-corrected chi connectivity index (χ3v) is 6.89. The summed E-state index contributed by atoms with van der Waals surface area (Å²) in [4.78, 5) is 12.9. The monoisotopic (exact) mass is 438 g/mol. The molecule has 0 saturated carbocycles. The van der Waals surface area contributed by atoms with Crippen molar-refractivity contribution in [2.24, 2.45) is 0 Å². The molecule has 0 fully saturated rings. The second-order valence-electron chi connectivity index (χ2n) is 7.17. The molecular weight excluding hydrogens is 412 g/mol. The maximum absolute atomic E-state index is 13.4. The molecule has 1 amide bonds. The highest BCUT2D eigenvalue weighted by atomic mass is 32.2. The van der Waals surface area contributed by atoms with Gasteiger partial charge in [0.1, 0.15) is 12.3 Å². The lowest BCUT2D eigenvalue weighted by Gasteiger charge is -2.26. The van der Waals surface area contributed by atoms with Gasteiger partial charge in [0.25, 0.3) is 10.0 Å². The van der Waals surface area contributed by atoms with E-state index >= 15 is 0 Å². The summed E-state index contributed by atoms with van der Waals surface area (Å²) in [6.45, 7) is 3.73. The number of carbonyl (C=O) groups excluding carboxylic acids is 1. The largest absolute Gasteiger partial charge is 0.497 e. The van der Waals surface area contributed by atoms with E-state index in [-0.39, 0.29) is 18.0 Å². The fraction of sp³-hybridized carbons (Fsp3) is 0.208. The van der Waals surface area contributed by atoms with Crippen LogP contribution < -0.4 is 14.4 Å². The molecular formula is C24H26N2O4S. The molecule has 1 N–H and O–H groups in total. The summed E-state index contributed by atoms with van der Waals surface area (Å²) in [5.41, 5.74) is 3.14. The highest BCUT2D eigenvalue weighted by Gasteiger charge is 2.28. The Morgan fingerprint density at radius 1 is 0.935 bits per heavy atom. The molecule has 3 aromatic rings. The summed E-state index contributed by atoms with van der Waals surface area (Å²) in [5, 5.41) is 2.81. The Kier molecular flexibility index (Phi) is 6.97. The van der Waals surface area contributed by atoms with Crippen LogP contribution >= 0.6 is 0 Å². The predicted molar refractivity (Wildman–Crippen MR) is 122 cm³/mol. The molecule has 0 radical (unpaired) electrons. The van der Waals surface area contributed by atoms with Crippen LogP contribution in [0.5, 0.6) is 5.75 Å². The molecule has 0 bridgehead atoms. The first-order chi connectivity index (χ1) is 14.8. The number of nitrogens with one attached hydrogen (secondary N) is 1. The lowest BCUT2D eigenvalue weighted by molar-refractivity contribution is -0.119. The van der Waals surface area contributed by atoms with Crippen LogP contribution in [0.3, 0.4) is 0 Å². The summed E-state index contributed by atoms with van der Waals surface area (Å²) >= 11 is 0. The lowest BCUT2D eigenvalue weighted by Crippen LogP contribution is -2.41. The van der Waals surface area contributed by atoms with Crippen LogP contribution in [0.2, 0.25) is 0 Å². The topological polar surface area (TPSA) is 75.7 Å². The van der Waals surface area contributed by atoms with E-state index in [0.717, 1.165) is 22.4 Å². The van der Waals surface area contributed by atoms with Gasteiger partial charge in [0.05, 0.1) is 17.7 Å². The van der Waals surface area contributed by atoms with E-state index in [1.54, 1.807) is 37.4 Å². The Labute approximate surface area is 183 Å². The van der Waals surface area contributed by atoms with Gasteiger partial charge >= 0.3 is 0 Å². The van der Waals surface area contributed by atoms with Crippen molar-refractivity contribution in [2.45, 2.75) is 25.3 Å². The highest BCUT2D eigenvalue weighted by Crippen LogP contribution is 2.28.